The van der Waals surface area contributed by atoms with Crippen LogP contribution in [-0.2, 0) is 9.59 Å². The molecule has 17 heavy (non-hydrogen) atoms. The molecule has 3 N–H and O–H groups in total. The van der Waals surface area contributed by atoms with E-state index >= 15 is 0 Å². The third-order valence-corrected chi connectivity index (χ3v) is 3.00. The van der Waals surface area contributed by atoms with Crippen LogP contribution in [0.3, 0.4) is 0 Å². The summed E-state index contributed by atoms with van der Waals surface area (Å²) in [5.74, 6) is -0.285. The minimum Gasteiger partial charge on any atom is -0.346 e. The fourth-order valence-corrected chi connectivity index (χ4v) is 1.99. The van der Waals surface area contributed by atoms with E-state index < -0.39 is 0 Å². The Kier molecular flexibility index (Phi) is 7.91. The molecule has 1 rings (SSSR count). The van der Waals surface area contributed by atoms with E-state index in [4.69, 9.17) is 5.73 Å². The summed E-state index contributed by atoms with van der Waals surface area (Å²) in [6, 6.07) is 0.282. The smallest absolute Gasteiger partial charge is 0.242 e. The van der Waals surface area contributed by atoms with Gasteiger partial charge >= 0.3 is 0 Å². The van der Waals surface area contributed by atoms with Crippen LogP contribution in [0.5, 0.6) is 0 Å². The zero-order valence-corrected chi connectivity index (χ0v) is 11.1. The molecule has 1 fully saturated rings. The lowest BCUT2D eigenvalue weighted by Gasteiger charge is -2.27. The van der Waals surface area contributed by atoms with Crippen LogP contribution in [0.1, 0.15) is 32.6 Å². The fraction of sp³-hybridized carbons (Fsp3) is 0.818. The summed E-state index contributed by atoms with van der Waals surface area (Å²) in [5, 5.41) is 2.52. The maximum Gasteiger partial charge on any atom is 0.242 e. The van der Waals surface area contributed by atoms with Gasteiger partial charge in [0.05, 0.1) is 13.1 Å². The molecule has 1 unspecified atom stereocenters. The second-order valence-electron chi connectivity index (χ2n) is 4.27. The maximum absolute atomic E-state index is 11.9. The van der Waals surface area contributed by atoms with Gasteiger partial charge in [0.25, 0.3) is 0 Å². The van der Waals surface area contributed by atoms with Gasteiger partial charge in [-0.2, -0.15) is 0 Å². The van der Waals surface area contributed by atoms with Crippen molar-refractivity contribution >= 4 is 24.2 Å². The number of likely N-dealkylation sites (tertiary alicyclic amines) is 1. The van der Waals surface area contributed by atoms with Crippen molar-refractivity contribution in [2.75, 3.05) is 19.6 Å². The highest BCUT2D eigenvalue weighted by Crippen LogP contribution is 2.15. The minimum atomic E-state index is -0.282. The molecule has 0 aromatic rings. The van der Waals surface area contributed by atoms with Crippen molar-refractivity contribution < 1.29 is 9.59 Å². The number of nitrogens with zero attached hydrogens (tertiary/aromatic N) is 1. The molecule has 0 aliphatic carbocycles. The second kappa shape index (κ2) is 8.31. The normalized spacial score (nSPS) is 20.1. The number of amides is 2. The molecule has 0 aromatic carbocycles. The fourth-order valence-electron chi connectivity index (χ4n) is 1.99. The predicted octanol–water partition coefficient (Wildman–Crippen LogP) is 0.274. The molecule has 5 nitrogen and oxygen atoms in total. The Hall–Kier alpha value is -0.810. The van der Waals surface area contributed by atoms with E-state index in [1.807, 2.05) is 4.90 Å². The average Bonchev–Trinajstić information content (AvgIpc) is 2.50. The Morgan fingerprint density at radius 3 is 2.71 bits per heavy atom. The van der Waals surface area contributed by atoms with Gasteiger partial charge in [0.1, 0.15) is 0 Å². The molecule has 2 amide bonds. The van der Waals surface area contributed by atoms with Gasteiger partial charge in [-0.25, -0.2) is 0 Å². The number of nitrogens with two attached hydrogens (primary N) is 1. The van der Waals surface area contributed by atoms with Crippen LogP contribution in [0.15, 0.2) is 0 Å². The molecule has 0 bridgehead atoms. The van der Waals surface area contributed by atoms with Crippen LogP contribution >= 0.6 is 12.4 Å². The van der Waals surface area contributed by atoms with Gasteiger partial charge in [-0.3, -0.25) is 9.59 Å². The van der Waals surface area contributed by atoms with Gasteiger partial charge in [0.2, 0.25) is 11.8 Å². The molecule has 0 saturated carbocycles. The quantitative estimate of drug-likeness (QED) is 0.768. The van der Waals surface area contributed by atoms with Crippen LogP contribution in [0.25, 0.3) is 0 Å². The summed E-state index contributed by atoms with van der Waals surface area (Å²) in [4.78, 5) is 24.7. The van der Waals surface area contributed by atoms with Crippen molar-refractivity contribution in [1.82, 2.24) is 10.2 Å². The summed E-state index contributed by atoms with van der Waals surface area (Å²) in [5.41, 5.74) is 5.15. The second-order valence-corrected chi connectivity index (χ2v) is 4.27. The minimum absolute atomic E-state index is 0. The molecule has 1 saturated heterocycles. The van der Waals surface area contributed by atoms with Crippen LogP contribution in [0, 0.1) is 0 Å². The predicted molar refractivity (Wildman–Crippen MR) is 69.0 cm³/mol. The first-order chi connectivity index (χ1) is 7.65. The molecule has 1 atom stereocenters. The molecule has 0 aromatic heterocycles. The Morgan fingerprint density at radius 2 is 2.06 bits per heavy atom. The number of hydrogen-bond acceptors (Lipinski definition) is 3. The van der Waals surface area contributed by atoms with Gasteiger partial charge in [0, 0.05) is 12.6 Å². The van der Waals surface area contributed by atoms with Gasteiger partial charge in [-0.05, 0) is 19.8 Å². The Morgan fingerprint density at radius 1 is 1.35 bits per heavy atom. The standard InChI is InChI=1S/C11H21N3O2.ClH/c1-9-5-3-2-4-6-14(9)11(16)8-13-10(15)7-12;/h9H,2-8,12H2,1H3,(H,13,15);1H. The third kappa shape index (κ3) is 5.37. The number of hydrogen-bond donors (Lipinski definition) is 2. The Labute approximate surface area is 109 Å². The molecular formula is C11H22ClN3O2. The highest BCUT2D eigenvalue weighted by Gasteiger charge is 2.21. The molecular weight excluding hydrogens is 242 g/mol. The third-order valence-electron chi connectivity index (χ3n) is 3.00. The van der Waals surface area contributed by atoms with Gasteiger partial charge in [-0.1, -0.05) is 12.8 Å². The number of rotatable bonds is 3. The number of carbonyl (C=O) groups is 2. The van der Waals surface area contributed by atoms with Crippen molar-refractivity contribution in [3.63, 3.8) is 0 Å². The lowest BCUT2D eigenvalue weighted by molar-refractivity contribution is -0.134. The average molecular weight is 264 g/mol. The summed E-state index contributed by atoms with van der Waals surface area (Å²) in [7, 11) is 0. The summed E-state index contributed by atoms with van der Waals surface area (Å²) >= 11 is 0. The van der Waals surface area contributed by atoms with Crippen LogP contribution in [0.2, 0.25) is 0 Å². The lowest BCUT2D eigenvalue weighted by atomic mass is 10.1. The molecule has 1 aliphatic heterocycles. The van der Waals surface area contributed by atoms with E-state index in [9.17, 15) is 9.59 Å². The topological polar surface area (TPSA) is 75.4 Å². The van der Waals surface area contributed by atoms with Crippen molar-refractivity contribution in [2.24, 2.45) is 5.73 Å². The van der Waals surface area contributed by atoms with Crippen LogP contribution in [-0.4, -0.2) is 42.4 Å². The molecule has 0 spiro atoms. The first kappa shape index (κ1) is 16.2. The summed E-state index contributed by atoms with van der Waals surface area (Å²) < 4.78 is 0. The van der Waals surface area contributed by atoms with Crippen molar-refractivity contribution in [2.45, 2.75) is 38.6 Å². The van der Waals surface area contributed by atoms with Gasteiger partial charge < -0.3 is 16.0 Å². The van der Waals surface area contributed by atoms with Crippen molar-refractivity contribution in [3.05, 3.63) is 0 Å². The van der Waals surface area contributed by atoms with Crippen molar-refractivity contribution in [1.29, 1.82) is 0 Å². The molecule has 1 aliphatic rings. The summed E-state index contributed by atoms with van der Waals surface area (Å²) in [6.45, 7) is 2.87. The zero-order chi connectivity index (χ0) is 12.0. The van der Waals surface area contributed by atoms with Gasteiger partial charge in [-0.15, -0.1) is 12.4 Å². The lowest BCUT2D eigenvalue weighted by Crippen LogP contribution is -2.45. The number of halogens is 1. The van der Waals surface area contributed by atoms with Crippen LogP contribution < -0.4 is 11.1 Å². The monoisotopic (exact) mass is 263 g/mol. The molecule has 100 valence electrons. The van der Waals surface area contributed by atoms with E-state index in [1.54, 1.807) is 0 Å². The first-order valence-corrected chi connectivity index (χ1v) is 5.91. The summed E-state index contributed by atoms with van der Waals surface area (Å²) in [6.07, 6.45) is 4.47. The highest BCUT2D eigenvalue weighted by molar-refractivity contribution is 5.86. The van der Waals surface area contributed by atoms with E-state index in [0.29, 0.717) is 0 Å². The Balaban J connectivity index is 0.00000256. The van der Waals surface area contributed by atoms with E-state index in [0.717, 1.165) is 19.4 Å². The maximum atomic E-state index is 11.9. The Bertz CT molecular complexity index is 261. The molecule has 6 heteroatoms. The largest absolute Gasteiger partial charge is 0.346 e. The van der Waals surface area contributed by atoms with E-state index in [-0.39, 0.29) is 43.4 Å². The SMILES string of the molecule is CC1CCCCCN1C(=O)CNC(=O)CN.Cl. The zero-order valence-electron chi connectivity index (χ0n) is 10.3. The highest BCUT2D eigenvalue weighted by atomic mass is 35.5. The molecule has 0 radical (unpaired) electrons. The first-order valence-electron chi connectivity index (χ1n) is 5.91. The molecule has 1 heterocycles. The van der Waals surface area contributed by atoms with Crippen LogP contribution in [0.4, 0.5) is 0 Å². The van der Waals surface area contributed by atoms with E-state index in [2.05, 4.69) is 12.2 Å². The van der Waals surface area contributed by atoms with Crippen molar-refractivity contribution in [3.8, 4) is 0 Å². The number of carbonyl (C=O) groups excluding carboxylic acids is 2. The number of nitrogens with one attached hydrogen (secondary N) is 1. The van der Waals surface area contributed by atoms with Gasteiger partial charge in [0.15, 0.2) is 0 Å². The van der Waals surface area contributed by atoms with E-state index in [1.165, 1.54) is 12.8 Å².